The zero-order chi connectivity index (χ0) is 27.4. The molecule has 2 unspecified atom stereocenters. The van der Waals surface area contributed by atoms with Crippen molar-refractivity contribution >= 4 is 17.6 Å². The third-order valence-corrected chi connectivity index (χ3v) is 6.44. The van der Waals surface area contributed by atoms with E-state index < -0.39 is 24.0 Å². The van der Waals surface area contributed by atoms with Crippen LogP contribution in [0.5, 0.6) is 0 Å². The summed E-state index contributed by atoms with van der Waals surface area (Å²) in [5.41, 5.74) is 9.13. The Bertz CT molecular complexity index is 1470. The molecule has 3 aromatic carbocycles. The fraction of sp³-hybridized carbons (Fsp3) is 0.167. The first-order valence-corrected chi connectivity index (χ1v) is 11.8. The third-order valence-electron chi connectivity index (χ3n) is 6.44. The highest BCUT2D eigenvalue weighted by molar-refractivity contribution is 6.06. The van der Waals surface area contributed by atoms with Gasteiger partial charge < -0.3 is 20.3 Å². The molecule has 0 aromatic heterocycles. The van der Waals surface area contributed by atoms with Gasteiger partial charge in [-0.15, -0.1) is 0 Å². The number of methoxy groups -OCH3 is 2. The van der Waals surface area contributed by atoms with Gasteiger partial charge in [-0.05, 0) is 24.1 Å². The summed E-state index contributed by atoms with van der Waals surface area (Å²) < 4.78 is 10.2. The number of aryl methyl sites for hydroxylation is 1. The van der Waals surface area contributed by atoms with Crippen molar-refractivity contribution < 1.29 is 24.2 Å². The number of esters is 2. The van der Waals surface area contributed by atoms with Gasteiger partial charge in [-0.2, -0.15) is 5.26 Å². The highest BCUT2D eigenvalue weighted by Crippen LogP contribution is 2.45. The molecule has 0 saturated carbocycles. The number of hydrogen-bond acceptors (Lipinski definition) is 8. The summed E-state index contributed by atoms with van der Waals surface area (Å²) in [4.78, 5) is 28.0. The smallest absolute Gasteiger partial charge is 0.355 e. The number of aliphatic hydroxyl groups excluding tert-OH is 1. The molecule has 2 atom stereocenters. The summed E-state index contributed by atoms with van der Waals surface area (Å²) in [6.45, 7) is 1.86. The van der Waals surface area contributed by atoms with Gasteiger partial charge >= 0.3 is 11.9 Å². The quantitative estimate of drug-likeness (QED) is 0.478. The molecule has 1 aliphatic rings. The number of ether oxygens (including phenoxy) is 2. The van der Waals surface area contributed by atoms with E-state index in [1.54, 1.807) is 72.8 Å². The Hall–Kier alpha value is -4.87. The van der Waals surface area contributed by atoms with Crippen molar-refractivity contribution in [3.8, 4) is 6.07 Å². The molecule has 0 saturated heterocycles. The molecule has 3 N–H and O–H groups in total. The lowest BCUT2D eigenvalue weighted by Crippen LogP contribution is -2.41. The molecule has 0 radical (unpaired) electrons. The molecule has 1 heterocycles. The van der Waals surface area contributed by atoms with Gasteiger partial charge in [0.25, 0.3) is 0 Å². The van der Waals surface area contributed by atoms with E-state index in [4.69, 9.17) is 15.2 Å². The monoisotopic (exact) mass is 509 g/mol. The second-order valence-electron chi connectivity index (χ2n) is 8.71. The number of benzene rings is 3. The molecule has 1 aliphatic heterocycles. The van der Waals surface area contributed by atoms with Crippen LogP contribution in [-0.4, -0.2) is 31.3 Å². The van der Waals surface area contributed by atoms with Gasteiger partial charge in [0, 0.05) is 5.56 Å². The van der Waals surface area contributed by atoms with E-state index in [0.29, 0.717) is 22.4 Å². The Morgan fingerprint density at radius 1 is 0.974 bits per heavy atom. The van der Waals surface area contributed by atoms with E-state index >= 15 is 0 Å². The van der Waals surface area contributed by atoms with Crippen molar-refractivity contribution in [2.45, 2.75) is 18.9 Å². The molecule has 0 fully saturated rings. The maximum atomic E-state index is 13.4. The van der Waals surface area contributed by atoms with Crippen molar-refractivity contribution in [3.05, 3.63) is 124 Å². The standard InChI is InChI=1S/C30H27N3O5/c1-18-14-15-23(21(16-18)27(34)20-12-8-5-9-13-20)33-26(30(36)38-3)25(29(35)37-2)24(22(17-31)28(33)32)19-10-6-4-7-11-19/h4-16,24,27,34H,32H2,1-3H3. The lowest BCUT2D eigenvalue weighted by molar-refractivity contribution is -0.139. The van der Waals surface area contributed by atoms with Gasteiger partial charge in [-0.1, -0.05) is 78.4 Å². The molecule has 8 heteroatoms. The Morgan fingerprint density at radius 2 is 1.58 bits per heavy atom. The summed E-state index contributed by atoms with van der Waals surface area (Å²) in [7, 11) is 2.38. The highest BCUT2D eigenvalue weighted by Gasteiger charge is 2.43. The van der Waals surface area contributed by atoms with Crippen LogP contribution in [0.15, 0.2) is 102 Å². The summed E-state index contributed by atoms with van der Waals surface area (Å²) >= 11 is 0. The van der Waals surface area contributed by atoms with Crippen LogP contribution in [-0.2, 0) is 19.1 Å². The SMILES string of the molecule is COC(=O)C1=C(C(=O)OC)N(c2ccc(C)cc2C(O)c2ccccc2)C(N)=C(C#N)C1c1ccccc1. The van der Waals surface area contributed by atoms with Crippen LogP contribution in [0.1, 0.15) is 34.3 Å². The highest BCUT2D eigenvalue weighted by atomic mass is 16.5. The van der Waals surface area contributed by atoms with Gasteiger partial charge in [0.2, 0.25) is 0 Å². The molecule has 0 aliphatic carbocycles. The predicted molar refractivity (Wildman–Crippen MR) is 141 cm³/mol. The zero-order valence-electron chi connectivity index (χ0n) is 21.2. The maximum Gasteiger partial charge on any atom is 0.355 e. The molecule has 0 bridgehead atoms. The summed E-state index contributed by atoms with van der Waals surface area (Å²) in [6.07, 6.45) is -1.10. The van der Waals surface area contributed by atoms with Crippen LogP contribution in [0.4, 0.5) is 5.69 Å². The maximum absolute atomic E-state index is 13.4. The molecule has 4 rings (SSSR count). The molecule has 0 amide bonds. The lowest BCUT2D eigenvalue weighted by Gasteiger charge is -2.37. The van der Waals surface area contributed by atoms with E-state index in [1.807, 2.05) is 13.0 Å². The summed E-state index contributed by atoms with van der Waals surface area (Å²) in [5.74, 6) is -2.72. The second-order valence-corrected chi connectivity index (χ2v) is 8.71. The van der Waals surface area contributed by atoms with Crippen LogP contribution in [0, 0.1) is 18.3 Å². The number of rotatable bonds is 6. The van der Waals surface area contributed by atoms with Crippen LogP contribution in [0.25, 0.3) is 0 Å². The van der Waals surface area contributed by atoms with Crippen molar-refractivity contribution in [3.63, 3.8) is 0 Å². The first-order valence-electron chi connectivity index (χ1n) is 11.8. The molecule has 0 spiro atoms. The first-order chi connectivity index (χ1) is 18.3. The summed E-state index contributed by atoms with van der Waals surface area (Å²) in [6, 6.07) is 25.1. The Kier molecular flexibility index (Phi) is 7.61. The largest absolute Gasteiger partial charge is 0.466 e. The predicted octanol–water partition coefficient (Wildman–Crippen LogP) is 3.97. The van der Waals surface area contributed by atoms with Crippen LogP contribution in [0.2, 0.25) is 0 Å². The van der Waals surface area contributed by atoms with Gasteiger partial charge in [0.05, 0.1) is 43.0 Å². The van der Waals surface area contributed by atoms with Crippen molar-refractivity contribution in [2.75, 3.05) is 19.1 Å². The molecule has 3 aromatic rings. The average Bonchev–Trinajstić information content (AvgIpc) is 2.96. The van der Waals surface area contributed by atoms with E-state index in [0.717, 1.165) is 5.56 Å². The minimum Gasteiger partial charge on any atom is -0.466 e. The molecular weight excluding hydrogens is 482 g/mol. The number of anilines is 1. The van der Waals surface area contributed by atoms with Crippen molar-refractivity contribution in [2.24, 2.45) is 5.73 Å². The van der Waals surface area contributed by atoms with Gasteiger partial charge in [0.1, 0.15) is 17.6 Å². The van der Waals surface area contributed by atoms with Crippen LogP contribution >= 0.6 is 0 Å². The van der Waals surface area contributed by atoms with E-state index in [2.05, 4.69) is 6.07 Å². The van der Waals surface area contributed by atoms with Gasteiger partial charge in [-0.25, -0.2) is 9.59 Å². The number of nitrogens with two attached hydrogens (primary N) is 1. The fourth-order valence-electron chi connectivity index (χ4n) is 4.68. The van der Waals surface area contributed by atoms with Crippen molar-refractivity contribution in [1.29, 1.82) is 5.26 Å². The van der Waals surface area contributed by atoms with Crippen LogP contribution < -0.4 is 10.6 Å². The molecule has 38 heavy (non-hydrogen) atoms. The number of aliphatic hydroxyl groups is 1. The number of nitriles is 1. The second kappa shape index (κ2) is 11.0. The number of carbonyl (C=O) groups excluding carboxylic acids is 2. The number of hydrogen-bond donors (Lipinski definition) is 2. The number of nitrogens with zero attached hydrogens (tertiary/aromatic N) is 2. The topological polar surface area (TPSA) is 126 Å². The van der Waals surface area contributed by atoms with E-state index in [9.17, 15) is 20.0 Å². The van der Waals surface area contributed by atoms with Gasteiger partial charge in [-0.3, -0.25) is 4.90 Å². The molecular formula is C30H27N3O5. The van der Waals surface area contributed by atoms with E-state index in [1.165, 1.54) is 19.1 Å². The Morgan fingerprint density at radius 3 is 2.16 bits per heavy atom. The van der Waals surface area contributed by atoms with Gasteiger partial charge in [0.15, 0.2) is 0 Å². The zero-order valence-corrected chi connectivity index (χ0v) is 21.2. The normalized spacial score (nSPS) is 16.1. The fourth-order valence-corrected chi connectivity index (χ4v) is 4.68. The molecule has 192 valence electrons. The van der Waals surface area contributed by atoms with Crippen molar-refractivity contribution in [1.82, 2.24) is 0 Å². The summed E-state index contributed by atoms with van der Waals surface area (Å²) in [5, 5.41) is 21.7. The third kappa shape index (κ3) is 4.63. The Labute approximate surface area is 220 Å². The molecule has 8 nitrogen and oxygen atoms in total. The minimum atomic E-state index is -1.10. The average molecular weight is 510 g/mol. The lowest BCUT2D eigenvalue weighted by atomic mass is 9.80. The number of carbonyl (C=O) groups is 2. The van der Waals surface area contributed by atoms with E-state index in [-0.39, 0.29) is 22.7 Å². The van der Waals surface area contributed by atoms with Crippen LogP contribution in [0.3, 0.4) is 0 Å². The Balaban J connectivity index is 2.07. The minimum absolute atomic E-state index is 0.0463. The first kappa shape index (κ1) is 26.2. The number of allylic oxidation sites excluding steroid dienone is 1.